The first-order chi connectivity index (χ1) is 8.74. The van der Waals surface area contributed by atoms with E-state index in [4.69, 9.17) is 5.73 Å². The van der Waals surface area contributed by atoms with E-state index in [1.807, 2.05) is 16.8 Å². The van der Waals surface area contributed by atoms with E-state index < -0.39 is 0 Å². The lowest BCUT2D eigenvalue weighted by Gasteiger charge is -1.99. The number of benzene rings is 1. The first-order valence-corrected chi connectivity index (χ1v) is 6.32. The van der Waals surface area contributed by atoms with Crippen LogP contribution in [-0.4, -0.2) is 9.78 Å². The van der Waals surface area contributed by atoms with Crippen molar-refractivity contribution in [3.63, 3.8) is 0 Å². The maximum Gasteiger partial charge on any atom is 0.123 e. The second kappa shape index (κ2) is 4.27. The number of anilines is 1. The molecular weight excluding hydrogens is 249 g/mol. The summed E-state index contributed by atoms with van der Waals surface area (Å²) in [5.74, 6) is -0.267. The van der Waals surface area contributed by atoms with E-state index in [2.05, 4.69) is 5.10 Å². The number of halogens is 1. The minimum Gasteiger partial charge on any atom is -0.396 e. The molecule has 3 nitrogen and oxygen atoms in total. The van der Waals surface area contributed by atoms with Crippen LogP contribution in [0.4, 0.5) is 10.1 Å². The lowest BCUT2D eigenvalue weighted by Crippen LogP contribution is -1.94. The number of nitrogens with two attached hydrogens (primary N) is 1. The Balaban J connectivity index is 2.05. The van der Waals surface area contributed by atoms with Gasteiger partial charge in [0.05, 0.1) is 17.6 Å². The summed E-state index contributed by atoms with van der Waals surface area (Å²) in [6, 6.07) is 8.10. The van der Waals surface area contributed by atoms with Gasteiger partial charge in [0, 0.05) is 10.9 Å². The van der Waals surface area contributed by atoms with Crippen molar-refractivity contribution >= 4 is 17.0 Å². The van der Waals surface area contributed by atoms with Gasteiger partial charge >= 0.3 is 0 Å². The minimum atomic E-state index is -0.267. The van der Waals surface area contributed by atoms with E-state index in [1.165, 1.54) is 12.1 Å². The van der Waals surface area contributed by atoms with Crippen molar-refractivity contribution in [3.8, 4) is 16.9 Å². The molecule has 0 spiro atoms. The van der Waals surface area contributed by atoms with Gasteiger partial charge in [-0.15, -0.1) is 0 Å². The molecule has 1 aromatic carbocycles. The SMILES string of the molecule is Nc1cn(-c2ccc(F)cc2)nc1-c1ccsc1. The van der Waals surface area contributed by atoms with Crippen molar-refractivity contribution in [2.75, 3.05) is 5.73 Å². The summed E-state index contributed by atoms with van der Waals surface area (Å²) in [5.41, 5.74) is 9.09. The number of nitrogen functional groups attached to an aromatic ring is 1. The van der Waals surface area contributed by atoms with Crippen LogP contribution in [0.2, 0.25) is 0 Å². The van der Waals surface area contributed by atoms with Crippen molar-refractivity contribution in [2.45, 2.75) is 0 Å². The van der Waals surface area contributed by atoms with Gasteiger partial charge in [0.25, 0.3) is 0 Å². The van der Waals surface area contributed by atoms with Gasteiger partial charge in [-0.2, -0.15) is 16.4 Å². The summed E-state index contributed by atoms with van der Waals surface area (Å²) < 4.78 is 14.5. The molecule has 18 heavy (non-hydrogen) atoms. The van der Waals surface area contributed by atoms with Gasteiger partial charge in [-0.05, 0) is 35.7 Å². The molecule has 0 fully saturated rings. The topological polar surface area (TPSA) is 43.8 Å². The Hall–Kier alpha value is -2.14. The Morgan fingerprint density at radius 1 is 1.17 bits per heavy atom. The highest BCUT2D eigenvalue weighted by Gasteiger charge is 2.09. The highest BCUT2D eigenvalue weighted by atomic mass is 32.1. The first-order valence-electron chi connectivity index (χ1n) is 5.38. The molecule has 0 amide bonds. The van der Waals surface area contributed by atoms with Crippen LogP contribution >= 0.6 is 11.3 Å². The summed E-state index contributed by atoms with van der Waals surface area (Å²) >= 11 is 1.60. The van der Waals surface area contributed by atoms with Gasteiger partial charge in [0.1, 0.15) is 11.5 Å². The zero-order valence-electron chi connectivity index (χ0n) is 9.38. The fraction of sp³-hybridized carbons (Fsp3) is 0. The number of hydrogen-bond donors (Lipinski definition) is 1. The van der Waals surface area contributed by atoms with Crippen LogP contribution in [0.3, 0.4) is 0 Å². The molecule has 0 aliphatic rings. The average Bonchev–Trinajstić information content (AvgIpc) is 2.99. The molecule has 5 heteroatoms. The molecule has 3 rings (SSSR count). The summed E-state index contributed by atoms with van der Waals surface area (Å²) in [7, 11) is 0. The summed E-state index contributed by atoms with van der Waals surface area (Å²) in [6.45, 7) is 0. The van der Waals surface area contributed by atoms with Crippen LogP contribution in [0, 0.1) is 5.82 Å². The fourth-order valence-electron chi connectivity index (χ4n) is 1.74. The minimum absolute atomic E-state index is 0.267. The van der Waals surface area contributed by atoms with E-state index >= 15 is 0 Å². The smallest absolute Gasteiger partial charge is 0.123 e. The zero-order chi connectivity index (χ0) is 12.5. The quantitative estimate of drug-likeness (QED) is 0.767. The average molecular weight is 259 g/mol. The number of nitrogens with zero attached hydrogens (tertiary/aromatic N) is 2. The molecule has 0 radical (unpaired) electrons. The van der Waals surface area contributed by atoms with Crippen molar-refractivity contribution in [3.05, 3.63) is 53.1 Å². The lowest BCUT2D eigenvalue weighted by molar-refractivity contribution is 0.627. The maximum absolute atomic E-state index is 12.9. The third-order valence-electron chi connectivity index (χ3n) is 2.63. The summed E-state index contributed by atoms with van der Waals surface area (Å²) in [4.78, 5) is 0. The predicted molar refractivity (Wildman–Crippen MR) is 71.2 cm³/mol. The van der Waals surface area contributed by atoms with Crippen molar-refractivity contribution in [1.29, 1.82) is 0 Å². The molecule has 0 saturated heterocycles. The Bertz CT molecular complexity index is 656. The monoisotopic (exact) mass is 259 g/mol. The summed E-state index contributed by atoms with van der Waals surface area (Å²) in [6.07, 6.45) is 1.74. The number of rotatable bonds is 2. The second-order valence-electron chi connectivity index (χ2n) is 3.87. The highest BCUT2D eigenvalue weighted by Crippen LogP contribution is 2.27. The van der Waals surface area contributed by atoms with Gasteiger partial charge < -0.3 is 5.73 Å². The molecule has 0 saturated carbocycles. The summed E-state index contributed by atoms with van der Waals surface area (Å²) in [5, 5.41) is 8.40. The third kappa shape index (κ3) is 1.89. The molecule has 0 aliphatic heterocycles. The van der Waals surface area contributed by atoms with Crippen molar-refractivity contribution < 1.29 is 4.39 Å². The van der Waals surface area contributed by atoms with E-state index in [0.717, 1.165) is 16.9 Å². The van der Waals surface area contributed by atoms with Crippen LogP contribution in [-0.2, 0) is 0 Å². The lowest BCUT2D eigenvalue weighted by atomic mass is 10.2. The molecule has 2 aromatic heterocycles. The van der Waals surface area contributed by atoms with Crippen molar-refractivity contribution in [1.82, 2.24) is 9.78 Å². The molecule has 0 atom stereocenters. The van der Waals surface area contributed by atoms with Crippen molar-refractivity contribution in [2.24, 2.45) is 0 Å². The van der Waals surface area contributed by atoms with E-state index in [9.17, 15) is 4.39 Å². The molecule has 0 bridgehead atoms. The second-order valence-corrected chi connectivity index (χ2v) is 4.65. The van der Waals surface area contributed by atoms with Crippen LogP contribution in [0.1, 0.15) is 0 Å². The molecule has 2 heterocycles. The van der Waals surface area contributed by atoms with E-state index in [1.54, 1.807) is 34.3 Å². The van der Waals surface area contributed by atoms with Gasteiger partial charge in [-0.1, -0.05) is 0 Å². The van der Waals surface area contributed by atoms with Gasteiger partial charge in [0.2, 0.25) is 0 Å². The number of aromatic nitrogens is 2. The Kier molecular flexibility index (Phi) is 2.60. The maximum atomic E-state index is 12.9. The molecule has 0 aliphatic carbocycles. The van der Waals surface area contributed by atoms with Crippen LogP contribution in [0.25, 0.3) is 16.9 Å². The van der Waals surface area contributed by atoms with Gasteiger partial charge in [-0.25, -0.2) is 9.07 Å². The normalized spacial score (nSPS) is 10.7. The standard InChI is InChI=1S/C13H10FN3S/c14-10-1-3-11(4-2-10)17-7-12(15)13(16-17)9-5-6-18-8-9/h1-8H,15H2. The fourth-order valence-corrected chi connectivity index (χ4v) is 2.38. The molecule has 3 aromatic rings. The Labute approximate surface area is 107 Å². The molecule has 90 valence electrons. The number of thiophene rings is 1. The van der Waals surface area contributed by atoms with Gasteiger partial charge in [-0.3, -0.25) is 0 Å². The molecule has 2 N–H and O–H groups in total. The predicted octanol–water partition coefficient (Wildman–Crippen LogP) is 3.32. The van der Waals surface area contributed by atoms with Crippen LogP contribution in [0.5, 0.6) is 0 Å². The Morgan fingerprint density at radius 3 is 2.61 bits per heavy atom. The zero-order valence-corrected chi connectivity index (χ0v) is 10.2. The first kappa shape index (κ1) is 11.0. The van der Waals surface area contributed by atoms with Crippen LogP contribution < -0.4 is 5.73 Å². The third-order valence-corrected chi connectivity index (χ3v) is 3.31. The van der Waals surface area contributed by atoms with E-state index in [0.29, 0.717) is 5.69 Å². The van der Waals surface area contributed by atoms with Gasteiger partial charge in [0.15, 0.2) is 0 Å². The van der Waals surface area contributed by atoms with E-state index in [-0.39, 0.29) is 5.82 Å². The molecular formula is C13H10FN3S. The van der Waals surface area contributed by atoms with Crippen LogP contribution in [0.15, 0.2) is 47.3 Å². The highest BCUT2D eigenvalue weighted by molar-refractivity contribution is 7.08. The molecule has 0 unspecified atom stereocenters. The Morgan fingerprint density at radius 2 is 1.94 bits per heavy atom. The largest absolute Gasteiger partial charge is 0.396 e. The number of hydrogen-bond acceptors (Lipinski definition) is 3.